The van der Waals surface area contributed by atoms with Crippen LogP contribution in [-0.4, -0.2) is 91.1 Å². The van der Waals surface area contributed by atoms with Crippen molar-refractivity contribution in [2.24, 2.45) is 0 Å². The second kappa shape index (κ2) is 12.9. The molecule has 1 aliphatic carbocycles. The molecule has 1 heterocycles. The number of ketones is 1. The van der Waals surface area contributed by atoms with Crippen LogP contribution in [0.4, 0.5) is 0 Å². The summed E-state index contributed by atoms with van der Waals surface area (Å²) in [7, 11) is 4.45. The molecule has 10 nitrogen and oxygen atoms in total. The third-order valence-corrected chi connectivity index (χ3v) is 8.81. The Kier molecular flexibility index (Phi) is 9.52. The third-order valence-electron chi connectivity index (χ3n) is 7.13. The number of nitrogens with zero attached hydrogens (tertiary/aromatic N) is 2. The molecule has 40 heavy (non-hydrogen) atoms. The maximum atomic E-state index is 13.7. The Bertz CT molecular complexity index is 1320. The number of benzene rings is 2. The number of carbonyl (C=O) groups is 1. The lowest BCUT2D eigenvalue weighted by molar-refractivity contribution is -0.113. The van der Waals surface area contributed by atoms with Gasteiger partial charge in [-0.25, -0.2) is 0 Å². The normalized spacial score (nSPS) is 21.0. The molecular weight excluding hydrogens is 534 g/mol. The molecule has 0 unspecified atom stereocenters. The first-order valence-corrected chi connectivity index (χ1v) is 14.5. The number of Topliss-reactive ketones (excluding diaryl/α,β-unsaturated/α-hetero) is 1. The summed E-state index contributed by atoms with van der Waals surface area (Å²) in [6.07, 6.45) is 4.07. The van der Waals surface area contributed by atoms with Gasteiger partial charge in [-0.2, -0.15) is 17.4 Å². The molecule has 0 amide bonds. The van der Waals surface area contributed by atoms with E-state index in [-0.39, 0.29) is 18.6 Å². The third kappa shape index (κ3) is 6.84. The van der Waals surface area contributed by atoms with Crippen molar-refractivity contribution in [3.8, 4) is 23.0 Å². The molecular formula is C29H37N3O7S. The van der Waals surface area contributed by atoms with Gasteiger partial charge in [0.05, 0.1) is 28.4 Å². The standard InChI is InChI=1S/C29H37N3O7S/c1-31-10-12-32(13-11-31)40(34,35)30-24-18-22(14-20-6-8-25(36-2)27(16-20)38-4)29(33)23(19-24)15-21-7-9-26(37-3)28(17-21)39-5/h6-9,14-17,24,30H,10-13,18-19H2,1-5H3/b22-14+,23-15+. The van der Waals surface area contributed by atoms with Gasteiger partial charge < -0.3 is 23.8 Å². The number of carbonyl (C=O) groups excluding carboxylic acids is 1. The highest BCUT2D eigenvalue weighted by Crippen LogP contribution is 2.34. The van der Waals surface area contributed by atoms with E-state index >= 15 is 0 Å². The smallest absolute Gasteiger partial charge is 0.279 e. The Balaban J connectivity index is 1.69. The first-order chi connectivity index (χ1) is 19.2. The molecule has 1 saturated carbocycles. The summed E-state index contributed by atoms with van der Waals surface area (Å²) in [5.41, 5.74) is 2.48. The minimum atomic E-state index is -3.74. The molecule has 0 spiro atoms. The van der Waals surface area contributed by atoms with Crippen LogP contribution >= 0.6 is 0 Å². The largest absolute Gasteiger partial charge is 0.493 e. The average molecular weight is 572 g/mol. The summed E-state index contributed by atoms with van der Waals surface area (Å²) in [5.74, 6) is 2.08. The number of likely N-dealkylation sites (N-methyl/N-ethyl adjacent to an activating group) is 1. The molecule has 4 rings (SSSR count). The van der Waals surface area contributed by atoms with Crippen LogP contribution in [0.2, 0.25) is 0 Å². The van der Waals surface area contributed by atoms with Crippen molar-refractivity contribution >= 4 is 28.1 Å². The Morgan fingerprint density at radius 1 is 0.750 bits per heavy atom. The highest BCUT2D eigenvalue weighted by molar-refractivity contribution is 7.87. The Morgan fingerprint density at radius 3 is 1.62 bits per heavy atom. The fourth-order valence-corrected chi connectivity index (χ4v) is 6.31. The summed E-state index contributed by atoms with van der Waals surface area (Å²) in [6, 6.07) is 10.3. The second-order valence-corrected chi connectivity index (χ2v) is 11.5. The zero-order valence-electron chi connectivity index (χ0n) is 23.6. The van der Waals surface area contributed by atoms with E-state index in [1.54, 1.807) is 64.9 Å². The molecule has 0 aromatic heterocycles. The first kappa shape index (κ1) is 29.6. The lowest BCUT2D eigenvalue weighted by Gasteiger charge is -2.34. The summed E-state index contributed by atoms with van der Waals surface area (Å²) >= 11 is 0. The molecule has 0 atom stereocenters. The van der Waals surface area contributed by atoms with Gasteiger partial charge in [0.1, 0.15) is 0 Å². The van der Waals surface area contributed by atoms with Crippen LogP contribution < -0.4 is 23.7 Å². The topological polar surface area (TPSA) is 107 Å². The lowest BCUT2D eigenvalue weighted by Crippen LogP contribution is -2.53. The number of nitrogens with one attached hydrogen (secondary N) is 1. The molecule has 2 aliphatic rings. The number of ether oxygens (including phenoxy) is 4. The van der Waals surface area contributed by atoms with Gasteiger partial charge in [-0.3, -0.25) is 4.79 Å². The molecule has 2 aromatic carbocycles. The van der Waals surface area contributed by atoms with Gasteiger partial charge in [-0.05, 0) is 67.4 Å². The number of methoxy groups -OCH3 is 4. The molecule has 11 heteroatoms. The Morgan fingerprint density at radius 2 is 1.20 bits per heavy atom. The van der Waals surface area contributed by atoms with Crippen molar-refractivity contribution in [2.75, 3.05) is 61.7 Å². The van der Waals surface area contributed by atoms with Crippen LogP contribution in [0.1, 0.15) is 24.0 Å². The van der Waals surface area contributed by atoms with Crippen molar-refractivity contribution in [3.05, 3.63) is 58.7 Å². The van der Waals surface area contributed by atoms with Crippen molar-refractivity contribution in [1.29, 1.82) is 0 Å². The fraction of sp³-hybridized carbons (Fsp3) is 0.414. The minimum absolute atomic E-state index is 0.139. The second-order valence-electron chi connectivity index (χ2n) is 9.83. The maximum Gasteiger partial charge on any atom is 0.279 e. The SMILES string of the molecule is COc1ccc(/C=C2\CC(NS(=O)(=O)N3CCN(C)CC3)C/C(=C\c3ccc(OC)c(OC)c3)C2=O)cc1OC. The van der Waals surface area contributed by atoms with Crippen LogP contribution in [0.3, 0.4) is 0 Å². The van der Waals surface area contributed by atoms with Gasteiger partial charge in [-0.15, -0.1) is 0 Å². The zero-order valence-corrected chi connectivity index (χ0v) is 24.4. The molecule has 1 N–H and O–H groups in total. The number of hydrogen-bond acceptors (Lipinski definition) is 8. The van der Waals surface area contributed by atoms with Gasteiger partial charge in [0.2, 0.25) is 0 Å². The van der Waals surface area contributed by atoms with E-state index in [1.807, 2.05) is 19.2 Å². The average Bonchev–Trinajstić information content (AvgIpc) is 2.95. The Hall–Kier alpha value is -3.38. The van der Waals surface area contributed by atoms with Crippen LogP contribution in [0.15, 0.2) is 47.5 Å². The van der Waals surface area contributed by atoms with Crippen LogP contribution in [0.5, 0.6) is 23.0 Å². The monoisotopic (exact) mass is 571 g/mol. The van der Waals surface area contributed by atoms with Gasteiger partial charge in [0, 0.05) is 43.4 Å². The zero-order chi connectivity index (χ0) is 28.9. The van der Waals surface area contributed by atoms with E-state index < -0.39 is 16.3 Å². The maximum absolute atomic E-state index is 13.7. The van der Waals surface area contributed by atoms with Gasteiger partial charge >= 0.3 is 0 Å². The molecule has 216 valence electrons. The van der Waals surface area contributed by atoms with Crippen molar-refractivity contribution in [3.63, 3.8) is 0 Å². The summed E-state index contributed by atoms with van der Waals surface area (Å²) in [6.45, 7) is 2.16. The predicted octanol–water partition coefficient (Wildman–Crippen LogP) is 3.00. The molecule has 2 fully saturated rings. The van der Waals surface area contributed by atoms with Gasteiger partial charge in [0.15, 0.2) is 28.8 Å². The van der Waals surface area contributed by atoms with E-state index in [2.05, 4.69) is 9.62 Å². The van der Waals surface area contributed by atoms with E-state index in [4.69, 9.17) is 18.9 Å². The van der Waals surface area contributed by atoms with Crippen molar-refractivity contribution in [1.82, 2.24) is 13.9 Å². The molecule has 0 bridgehead atoms. The number of hydrogen-bond donors (Lipinski definition) is 1. The molecule has 0 radical (unpaired) electrons. The minimum Gasteiger partial charge on any atom is -0.493 e. The number of piperazine rings is 1. The highest BCUT2D eigenvalue weighted by Gasteiger charge is 2.33. The van der Waals surface area contributed by atoms with Crippen LogP contribution in [0, 0.1) is 0 Å². The molecule has 2 aromatic rings. The highest BCUT2D eigenvalue weighted by atomic mass is 32.2. The summed E-state index contributed by atoms with van der Waals surface area (Å²) in [4.78, 5) is 15.8. The lowest BCUT2D eigenvalue weighted by atomic mass is 9.84. The first-order valence-electron chi connectivity index (χ1n) is 13.0. The van der Waals surface area contributed by atoms with Crippen LogP contribution in [-0.2, 0) is 15.0 Å². The van der Waals surface area contributed by atoms with Crippen molar-refractivity contribution < 1.29 is 32.2 Å². The van der Waals surface area contributed by atoms with E-state index in [1.165, 1.54) is 4.31 Å². The van der Waals surface area contributed by atoms with E-state index in [0.29, 0.717) is 60.3 Å². The van der Waals surface area contributed by atoms with Gasteiger partial charge in [0.25, 0.3) is 10.2 Å². The van der Waals surface area contributed by atoms with E-state index in [0.717, 1.165) is 11.1 Å². The van der Waals surface area contributed by atoms with Crippen molar-refractivity contribution in [2.45, 2.75) is 18.9 Å². The summed E-state index contributed by atoms with van der Waals surface area (Å²) < 4.78 is 52.4. The fourth-order valence-electron chi connectivity index (χ4n) is 4.93. The van der Waals surface area contributed by atoms with Gasteiger partial charge in [-0.1, -0.05) is 12.1 Å². The molecule has 1 aliphatic heterocycles. The molecule has 1 saturated heterocycles. The van der Waals surface area contributed by atoms with Crippen LogP contribution in [0.25, 0.3) is 12.2 Å². The predicted molar refractivity (Wildman–Crippen MR) is 154 cm³/mol. The number of rotatable bonds is 9. The summed E-state index contributed by atoms with van der Waals surface area (Å²) in [5, 5.41) is 0. The quantitative estimate of drug-likeness (QED) is 0.458. The Labute approximate surface area is 236 Å². The van der Waals surface area contributed by atoms with E-state index in [9.17, 15) is 13.2 Å².